The lowest BCUT2D eigenvalue weighted by atomic mass is 9.81. The third-order valence-corrected chi connectivity index (χ3v) is 3.85. The molecule has 2 fully saturated rings. The summed E-state index contributed by atoms with van der Waals surface area (Å²) in [6, 6.07) is 0.613. The van der Waals surface area contributed by atoms with Gasteiger partial charge in [0.2, 0.25) is 0 Å². The highest BCUT2D eigenvalue weighted by atomic mass is 16.3. The minimum absolute atomic E-state index is 0.0159. The van der Waals surface area contributed by atoms with E-state index in [2.05, 4.69) is 12.2 Å². The Balaban J connectivity index is 1.60. The molecule has 0 saturated heterocycles. The molecular weight excluding hydrogens is 174 g/mol. The molecule has 2 rings (SSSR count). The van der Waals surface area contributed by atoms with E-state index in [0.717, 1.165) is 24.7 Å². The molecular formula is C12H23NO. The lowest BCUT2D eigenvalue weighted by Crippen LogP contribution is -2.46. The van der Waals surface area contributed by atoms with Crippen molar-refractivity contribution in [1.29, 1.82) is 0 Å². The average Bonchev–Trinajstić information content (AvgIpc) is 2.11. The summed E-state index contributed by atoms with van der Waals surface area (Å²) < 4.78 is 0. The van der Waals surface area contributed by atoms with Crippen LogP contribution in [0.5, 0.6) is 0 Å². The van der Waals surface area contributed by atoms with Gasteiger partial charge in [0.15, 0.2) is 0 Å². The predicted molar refractivity (Wildman–Crippen MR) is 58.2 cm³/mol. The van der Waals surface area contributed by atoms with Gasteiger partial charge in [0.1, 0.15) is 0 Å². The lowest BCUT2D eigenvalue weighted by Gasteiger charge is -2.35. The summed E-state index contributed by atoms with van der Waals surface area (Å²) in [5.74, 6) is 1.83. The lowest BCUT2D eigenvalue weighted by molar-refractivity contribution is 0.0595. The summed E-state index contributed by atoms with van der Waals surface area (Å²) in [6.07, 6.45) is 7.59. The Hall–Kier alpha value is -0.0800. The Morgan fingerprint density at radius 2 is 2.00 bits per heavy atom. The average molecular weight is 197 g/mol. The van der Waals surface area contributed by atoms with E-state index in [9.17, 15) is 0 Å². The Kier molecular flexibility index (Phi) is 3.45. The second kappa shape index (κ2) is 4.63. The van der Waals surface area contributed by atoms with Gasteiger partial charge in [0, 0.05) is 6.04 Å². The fourth-order valence-electron chi connectivity index (χ4n) is 2.83. The Labute approximate surface area is 87.1 Å². The van der Waals surface area contributed by atoms with Crippen molar-refractivity contribution in [3.05, 3.63) is 0 Å². The third-order valence-electron chi connectivity index (χ3n) is 3.85. The van der Waals surface area contributed by atoms with Gasteiger partial charge in [-0.15, -0.1) is 0 Å². The van der Waals surface area contributed by atoms with Crippen LogP contribution in [0.2, 0.25) is 0 Å². The summed E-state index contributed by atoms with van der Waals surface area (Å²) in [5.41, 5.74) is 0. The van der Waals surface area contributed by atoms with Crippen molar-refractivity contribution in [3.8, 4) is 0 Å². The van der Waals surface area contributed by atoms with Crippen molar-refractivity contribution < 1.29 is 5.11 Å². The highest BCUT2D eigenvalue weighted by molar-refractivity contribution is 4.85. The van der Waals surface area contributed by atoms with Gasteiger partial charge in [-0.05, 0) is 44.1 Å². The number of hydrogen-bond acceptors (Lipinski definition) is 2. The van der Waals surface area contributed by atoms with E-state index < -0.39 is 0 Å². The normalized spacial score (nSPS) is 43.3. The highest BCUT2D eigenvalue weighted by Crippen LogP contribution is 2.28. The topological polar surface area (TPSA) is 32.3 Å². The van der Waals surface area contributed by atoms with E-state index in [4.69, 9.17) is 5.11 Å². The molecule has 0 radical (unpaired) electrons. The van der Waals surface area contributed by atoms with Gasteiger partial charge in [0.05, 0.1) is 6.10 Å². The molecule has 2 aliphatic rings. The summed E-state index contributed by atoms with van der Waals surface area (Å²) in [7, 11) is 0. The van der Waals surface area contributed by atoms with Gasteiger partial charge in [-0.25, -0.2) is 0 Å². The molecule has 0 aliphatic heterocycles. The number of aliphatic hydroxyl groups is 1. The van der Waals surface area contributed by atoms with Crippen LogP contribution in [-0.2, 0) is 0 Å². The van der Waals surface area contributed by atoms with Crippen LogP contribution in [0, 0.1) is 11.8 Å². The van der Waals surface area contributed by atoms with Crippen LogP contribution in [0.3, 0.4) is 0 Å². The second-order valence-corrected chi connectivity index (χ2v) is 5.37. The summed E-state index contributed by atoms with van der Waals surface area (Å²) >= 11 is 0. The molecule has 82 valence electrons. The first kappa shape index (κ1) is 10.4. The molecule has 14 heavy (non-hydrogen) atoms. The number of rotatable bonds is 3. The molecule has 2 atom stereocenters. The molecule has 0 bridgehead atoms. The first-order valence-corrected chi connectivity index (χ1v) is 6.15. The van der Waals surface area contributed by atoms with Crippen LogP contribution in [-0.4, -0.2) is 23.8 Å². The van der Waals surface area contributed by atoms with Gasteiger partial charge in [-0.1, -0.05) is 19.8 Å². The van der Waals surface area contributed by atoms with Crippen LogP contribution in [0.15, 0.2) is 0 Å². The van der Waals surface area contributed by atoms with Gasteiger partial charge in [-0.2, -0.15) is 0 Å². The van der Waals surface area contributed by atoms with E-state index in [-0.39, 0.29) is 6.10 Å². The van der Waals surface area contributed by atoms with E-state index in [0.29, 0.717) is 6.04 Å². The number of nitrogens with one attached hydrogen (secondary N) is 1. The molecule has 2 heteroatoms. The van der Waals surface area contributed by atoms with Crippen molar-refractivity contribution in [2.75, 3.05) is 6.54 Å². The summed E-state index contributed by atoms with van der Waals surface area (Å²) in [5, 5.41) is 12.7. The largest absolute Gasteiger partial charge is 0.393 e. The van der Waals surface area contributed by atoms with Crippen LogP contribution in [0.25, 0.3) is 0 Å². The van der Waals surface area contributed by atoms with Crippen molar-refractivity contribution >= 4 is 0 Å². The summed E-state index contributed by atoms with van der Waals surface area (Å²) in [6.45, 7) is 3.56. The minimum Gasteiger partial charge on any atom is -0.393 e. The van der Waals surface area contributed by atoms with Crippen LogP contribution in [0.4, 0.5) is 0 Å². The minimum atomic E-state index is -0.0159. The fraction of sp³-hybridized carbons (Fsp3) is 1.00. The second-order valence-electron chi connectivity index (χ2n) is 5.37. The van der Waals surface area contributed by atoms with Crippen LogP contribution >= 0.6 is 0 Å². The third kappa shape index (κ3) is 2.71. The SMILES string of the molecule is CC1CCCC(CNC2CC(O)C2)C1. The van der Waals surface area contributed by atoms with Crippen molar-refractivity contribution in [2.24, 2.45) is 11.8 Å². The van der Waals surface area contributed by atoms with E-state index in [1.807, 2.05) is 0 Å². The molecule has 0 heterocycles. The first-order chi connectivity index (χ1) is 6.74. The zero-order chi connectivity index (χ0) is 9.97. The van der Waals surface area contributed by atoms with E-state index >= 15 is 0 Å². The number of hydrogen-bond donors (Lipinski definition) is 2. The maximum Gasteiger partial charge on any atom is 0.0570 e. The summed E-state index contributed by atoms with van der Waals surface area (Å²) in [4.78, 5) is 0. The quantitative estimate of drug-likeness (QED) is 0.724. The van der Waals surface area contributed by atoms with Crippen LogP contribution < -0.4 is 5.32 Å². The molecule has 2 unspecified atom stereocenters. The molecule has 2 saturated carbocycles. The maximum absolute atomic E-state index is 9.16. The van der Waals surface area contributed by atoms with E-state index in [1.165, 1.54) is 32.2 Å². The Bertz CT molecular complexity index is 177. The van der Waals surface area contributed by atoms with Gasteiger partial charge < -0.3 is 10.4 Å². The zero-order valence-corrected chi connectivity index (χ0v) is 9.21. The Morgan fingerprint density at radius 1 is 1.21 bits per heavy atom. The smallest absolute Gasteiger partial charge is 0.0570 e. The molecule has 0 aromatic rings. The molecule has 0 amide bonds. The van der Waals surface area contributed by atoms with Gasteiger partial charge in [-0.3, -0.25) is 0 Å². The molecule has 0 spiro atoms. The molecule has 0 aromatic heterocycles. The maximum atomic E-state index is 9.16. The molecule has 0 aromatic carbocycles. The first-order valence-electron chi connectivity index (χ1n) is 6.15. The standard InChI is InChI=1S/C12H23NO/c1-9-3-2-4-10(5-9)8-13-11-6-12(14)7-11/h9-14H,2-8H2,1H3. The molecule has 2 aliphatic carbocycles. The van der Waals surface area contributed by atoms with Crippen molar-refractivity contribution in [1.82, 2.24) is 5.32 Å². The monoisotopic (exact) mass is 197 g/mol. The van der Waals surface area contributed by atoms with E-state index in [1.54, 1.807) is 0 Å². The van der Waals surface area contributed by atoms with Gasteiger partial charge in [0.25, 0.3) is 0 Å². The number of aliphatic hydroxyl groups excluding tert-OH is 1. The molecule has 2 N–H and O–H groups in total. The zero-order valence-electron chi connectivity index (χ0n) is 9.21. The Morgan fingerprint density at radius 3 is 2.64 bits per heavy atom. The fourth-order valence-corrected chi connectivity index (χ4v) is 2.83. The highest BCUT2D eigenvalue weighted by Gasteiger charge is 2.27. The van der Waals surface area contributed by atoms with Crippen LogP contribution in [0.1, 0.15) is 45.4 Å². The molecule has 2 nitrogen and oxygen atoms in total. The predicted octanol–water partition coefficient (Wildman–Crippen LogP) is 1.93. The van der Waals surface area contributed by atoms with Crippen molar-refractivity contribution in [2.45, 2.75) is 57.6 Å². The van der Waals surface area contributed by atoms with Crippen molar-refractivity contribution in [3.63, 3.8) is 0 Å². The van der Waals surface area contributed by atoms with Gasteiger partial charge >= 0.3 is 0 Å².